The van der Waals surface area contributed by atoms with Crippen LogP contribution in [0.5, 0.6) is 5.75 Å². The lowest BCUT2D eigenvalue weighted by Crippen LogP contribution is -2.34. The molecule has 4 N–H and O–H groups in total. The van der Waals surface area contributed by atoms with E-state index in [0.29, 0.717) is 19.4 Å². The van der Waals surface area contributed by atoms with E-state index in [1.165, 1.54) is 0 Å². The zero-order chi connectivity index (χ0) is 17.8. The summed E-state index contributed by atoms with van der Waals surface area (Å²) in [6, 6.07) is 12.3. The number of benzene rings is 2. The number of hydrogen-bond acceptors (Lipinski definition) is 5. The zero-order valence-electron chi connectivity index (χ0n) is 14.0. The Kier molecular flexibility index (Phi) is 5.00. The summed E-state index contributed by atoms with van der Waals surface area (Å²) in [4.78, 5) is 19.5. The van der Waals surface area contributed by atoms with Crippen LogP contribution in [0.1, 0.15) is 23.9 Å². The number of hydrogen-bond donors (Lipinski definition) is 3. The van der Waals surface area contributed by atoms with E-state index in [1.807, 2.05) is 30.3 Å². The normalized spacial score (nSPS) is 12.2. The molecule has 0 unspecified atom stereocenters. The molecule has 3 rings (SSSR count). The molecule has 1 aromatic heterocycles. The number of phenols is 1. The largest absolute Gasteiger partial charge is 0.508 e. The predicted octanol–water partition coefficient (Wildman–Crippen LogP) is 2.29. The molecule has 0 amide bonds. The molecule has 0 saturated heterocycles. The van der Waals surface area contributed by atoms with E-state index in [-0.39, 0.29) is 5.75 Å². The van der Waals surface area contributed by atoms with Crippen LogP contribution in [0.4, 0.5) is 0 Å². The summed E-state index contributed by atoms with van der Waals surface area (Å²) < 4.78 is 4.93. The number of nitrogens with zero attached hydrogens (tertiary/aromatic N) is 1. The molecule has 0 saturated carbocycles. The lowest BCUT2D eigenvalue weighted by atomic mass is 10.0. The van der Waals surface area contributed by atoms with Crippen LogP contribution in [0.2, 0.25) is 0 Å². The van der Waals surface area contributed by atoms with Gasteiger partial charge in [0.2, 0.25) is 0 Å². The third-order valence-electron chi connectivity index (χ3n) is 3.99. The molecule has 2 aromatic carbocycles. The quantitative estimate of drug-likeness (QED) is 0.598. The third-order valence-corrected chi connectivity index (χ3v) is 3.99. The van der Waals surface area contributed by atoms with Crippen molar-refractivity contribution in [1.29, 1.82) is 0 Å². The second kappa shape index (κ2) is 7.36. The van der Waals surface area contributed by atoms with Gasteiger partial charge in [0.15, 0.2) is 0 Å². The minimum Gasteiger partial charge on any atom is -0.508 e. The van der Waals surface area contributed by atoms with Crippen LogP contribution < -0.4 is 5.73 Å². The Balaban J connectivity index is 1.78. The van der Waals surface area contributed by atoms with Gasteiger partial charge < -0.3 is 20.6 Å². The van der Waals surface area contributed by atoms with Crippen LogP contribution in [0.15, 0.2) is 42.5 Å². The second-order valence-electron chi connectivity index (χ2n) is 5.90. The summed E-state index contributed by atoms with van der Waals surface area (Å²) in [5.74, 6) is 0.534. The number of para-hydroxylation sites is 2. The Morgan fingerprint density at radius 2 is 2.12 bits per heavy atom. The molecule has 130 valence electrons. The highest BCUT2D eigenvalue weighted by Gasteiger charge is 2.16. The van der Waals surface area contributed by atoms with Crippen LogP contribution in [0.3, 0.4) is 0 Å². The molecule has 1 atom stereocenters. The van der Waals surface area contributed by atoms with Crippen LogP contribution in [0.25, 0.3) is 11.0 Å². The van der Waals surface area contributed by atoms with Gasteiger partial charge in [0.25, 0.3) is 0 Å². The third kappa shape index (κ3) is 3.97. The number of imidazole rings is 1. The summed E-state index contributed by atoms with van der Waals surface area (Å²) >= 11 is 0. The Hall–Kier alpha value is -2.86. The van der Waals surface area contributed by atoms with Crippen molar-refractivity contribution >= 4 is 17.0 Å². The molecule has 6 heteroatoms. The minimum atomic E-state index is -0.719. The topological polar surface area (TPSA) is 101 Å². The molecule has 1 heterocycles. The molecule has 0 aliphatic rings. The lowest BCUT2D eigenvalue weighted by molar-refractivity contribution is -0.144. The number of fused-ring (bicyclic) bond motifs is 1. The fourth-order valence-corrected chi connectivity index (χ4v) is 2.76. The number of rotatable bonds is 6. The molecule has 25 heavy (non-hydrogen) atoms. The fraction of sp³-hybridized carbons (Fsp3) is 0.263. The van der Waals surface area contributed by atoms with Crippen LogP contribution in [-0.4, -0.2) is 33.7 Å². The van der Waals surface area contributed by atoms with E-state index in [9.17, 15) is 9.90 Å². The van der Waals surface area contributed by atoms with Crippen molar-refractivity contribution in [3.63, 3.8) is 0 Å². The van der Waals surface area contributed by atoms with E-state index in [4.69, 9.17) is 10.5 Å². The Morgan fingerprint density at radius 3 is 2.88 bits per heavy atom. The number of aromatic amines is 1. The Bertz CT molecular complexity index is 856. The van der Waals surface area contributed by atoms with E-state index < -0.39 is 12.0 Å². The maximum atomic E-state index is 11.7. The number of nitrogens with one attached hydrogen (secondary N) is 1. The van der Waals surface area contributed by atoms with Crippen molar-refractivity contribution in [2.24, 2.45) is 5.73 Å². The molecule has 3 aromatic rings. The summed E-state index contributed by atoms with van der Waals surface area (Å²) in [5, 5.41) is 10.1. The monoisotopic (exact) mass is 339 g/mol. The lowest BCUT2D eigenvalue weighted by Gasteiger charge is -2.12. The average Bonchev–Trinajstić information content (AvgIpc) is 3.00. The Morgan fingerprint density at radius 1 is 1.32 bits per heavy atom. The molecule has 0 radical (unpaired) electrons. The maximum absolute atomic E-state index is 11.7. The van der Waals surface area contributed by atoms with E-state index in [0.717, 1.165) is 28.0 Å². The SMILES string of the molecule is CCOC(=O)[C@@H](N)Cc1ccc(O)c(Cc2nc3ccccc3[nH]2)c1. The van der Waals surface area contributed by atoms with Gasteiger partial charge in [-0.2, -0.15) is 0 Å². The van der Waals surface area contributed by atoms with Gasteiger partial charge in [-0.15, -0.1) is 0 Å². The van der Waals surface area contributed by atoms with Gasteiger partial charge in [0.05, 0.1) is 17.6 Å². The number of carbonyl (C=O) groups excluding carboxylic acids is 1. The fourth-order valence-electron chi connectivity index (χ4n) is 2.76. The number of H-pyrrole nitrogens is 1. The Labute approximate surface area is 145 Å². The summed E-state index contributed by atoms with van der Waals surface area (Å²) in [6.45, 7) is 2.05. The van der Waals surface area contributed by atoms with Gasteiger partial charge in [0, 0.05) is 12.0 Å². The van der Waals surface area contributed by atoms with Crippen molar-refractivity contribution in [2.45, 2.75) is 25.8 Å². The number of carbonyl (C=O) groups is 1. The predicted molar refractivity (Wildman–Crippen MR) is 95.3 cm³/mol. The van der Waals surface area contributed by atoms with Crippen molar-refractivity contribution in [1.82, 2.24) is 9.97 Å². The highest BCUT2D eigenvalue weighted by molar-refractivity contribution is 5.76. The van der Waals surface area contributed by atoms with Crippen LogP contribution >= 0.6 is 0 Å². The van der Waals surface area contributed by atoms with E-state index in [1.54, 1.807) is 19.1 Å². The summed E-state index contributed by atoms with van der Waals surface area (Å²) in [6.07, 6.45) is 0.815. The summed E-state index contributed by atoms with van der Waals surface area (Å²) in [5.41, 5.74) is 9.31. The van der Waals surface area contributed by atoms with Gasteiger partial charge in [-0.3, -0.25) is 4.79 Å². The van der Waals surface area contributed by atoms with Gasteiger partial charge in [-0.1, -0.05) is 24.3 Å². The standard InChI is InChI=1S/C19H21N3O3/c1-2-25-19(24)14(20)10-12-7-8-17(23)13(9-12)11-18-21-15-5-3-4-6-16(15)22-18/h3-9,14,23H,2,10-11,20H2,1H3,(H,21,22)/t14-/m0/s1. The molecule has 0 aliphatic carbocycles. The number of ether oxygens (including phenoxy) is 1. The zero-order valence-corrected chi connectivity index (χ0v) is 14.0. The molecule has 0 aliphatic heterocycles. The van der Waals surface area contributed by atoms with Crippen molar-refractivity contribution in [3.05, 3.63) is 59.4 Å². The van der Waals surface area contributed by atoms with Gasteiger partial charge in [-0.05, 0) is 37.1 Å². The average molecular weight is 339 g/mol. The first-order valence-electron chi connectivity index (χ1n) is 8.23. The number of aromatic nitrogens is 2. The first-order chi connectivity index (χ1) is 12.1. The number of aromatic hydroxyl groups is 1. The molecular formula is C19H21N3O3. The van der Waals surface area contributed by atoms with Crippen LogP contribution in [-0.2, 0) is 22.4 Å². The smallest absolute Gasteiger partial charge is 0.323 e. The molecule has 0 spiro atoms. The highest BCUT2D eigenvalue weighted by atomic mass is 16.5. The second-order valence-corrected chi connectivity index (χ2v) is 5.90. The molecule has 0 bridgehead atoms. The minimum absolute atomic E-state index is 0.189. The van der Waals surface area contributed by atoms with Crippen molar-refractivity contribution in [3.8, 4) is 5.75 Å². The molecular weight excluding hydrogens is 318 g/mol. The maximum Gasteiger partial charge on any atom is 0.323 e. The van der Waals surface area contributed by atoms with Gasteiger partial charge in [-0.25, -0.2) is 4.98 Å². The van der Waals surface area contributed by atoms with Crippen molar-refractivity contribution < 1.29 is 14.6 Å². The number of phenolic OH excluding ortho intramolecular Hbond substituents is 1. The van der Waals surface area contributed by atoms with Gasteiger partial charge in [0.1, 0.15) is 17.6 Å². The van der Waals surface area contributed by atoms with Gasteiger partial charge >= 0.3 is 5.97 Å². The summed E-state index contributed by atoms with van der Waals surface area (Å²) in [7, 11) is 0. The first kappa shape index (κ1) is 17.0. The van der Waals surface area contributed by atoms with Crippen molar-refractivity contribution in [2.75, 3.05) is 6.61 Å². The van der Waals surface area contributed by atoms with E-state index in [2.05, 4.69) is 9.97 Å². The number of nitrogens with two attached hydrogens (primary N) is 1. The number of esters is 1. The molecule has 0 fully saturated rings. The highest BCUT2D eigenvalue weighted by Crippen LogP contribution is 2.23. The molecule has 6 nitrogen and oxygen atoms in total. The van der Waals surface area contributed by atoms with E-state index >= 15 is 0 Å². The van der Waals surface area contributed by atoms with Crippen LogP contribution in [0, 0.1) is 0 Å². The first-order valence-corrected chi connectivity index (χ1v) is 8.23.